The largest absolute Gasteiger partial charge is 0.471 e. The Morgan fingerprint density at radius 3 is 1.24 bits per heavy atom. The number of sulfonamides is 1. The number of carbonyl (C=O) groups is 1. The Kier molecular flexibility index (Phi) is 9.87. The highest BCUT2D eigenvalue weighted by Gasteiger charge is 2.77. The van der Waals surface area contributed by atoms with Gasteiger partial charge in [0.05, 0.1) is 10.5 Å². The molecule has 0 atom stereocenters. The van der Waals surface area contributed by atoms with Crippen LogP contribution in [0.5, 0.6) is 0 Å². The molecule has 2 saturated carbocycles. The maximum atomic E-state index is 15.0. The highest BCUT2D eigenvalue weighted by molar-refractivity contribution is 8.24. The number of halogens is 9. The molecule has 0 aromatic carbocycles. The van der Waals surface area contributed by atoms with Gasteiger partial charge in [0.15, 0.2) is 19.7 Å². The maximum Gasteiger partial charge on any atom is 0.471 e. The van der Waals surface area contributed by atoms with Crippen molar-refractivity contribution in [3.63, 3.8) is 0 Å². The molecule has 0 aromatic rings. The van der Waals surface area contributed by atoms with Crippen molar-refractivity contribution in [2.75, 3.05) is 0 Å². The van der Waals surface area contributed by atoms with Crippen molar-refractivity contribution in [2.24, 2.45) is 0 Å². The quantitative estimate of drug-likeness (QED) is 0.338. The first-order valence-electron chi connectivity index (χ1n) is 11.7. The van der Waals surface area contributed by atoms with Crippen LogP contribution in [0.2, 0.25) is 0 Å². The third-order valence-corrected chi connectivity index (χ3v) is 18.2. The van der Waals surface area contributed by atoms with E-state index in [1.807, 2.05) is 0 Å². The van der Waals surface area contributed by atoms with Crippen molar-refractivity contribution in [3.05, 3.63) is 0 Å². The second kappa shape index (κ2) is 11.3. The summed E-state index contributed by atoms with van der Waals surface area (Å²) in [6.45, 7) is 0. The molecule has 10 nitrogen and oxygen atoms in total. The third kappa shape index (κ3) is 6.18. The van der Waals surface area contributed by atoms with Crippen LogP contribution < -0.4 is 4.72 Å². The van der Waals surface area contributed by atoms with Gasteiger partial charge < -0.3 is 0 Å². The van der Waals surface area contributed by atoms with Crippen LogP contribution in [-0.2, 0) is 44.3 Å². The van der Waals surface area contributed by atoms with Gasteiger partial charge in [-0.2, -0.15) is 47.9 Å². The van der Waals surface area contributed by atoms with Gasteiger partial charge in [-0.25, -0.2) is 30.0 Å². The van der Waals surface area contributed by atoms with Gasteiger partial charge in [-0.05, 0) is 25.7 Å². The van der Waals surface area contributed by atoms with E-state index in [9.17, 15) is 69.2 Å². The summed E-state index contributed by atoms with van der Waals surface area (Å²) in [6, 6.07) is 0. The van der Waals surface area contributed by atoms with Gasteiger partial charge in [0.2, 0.25) is 0 Å². The van der Waals surface area contributed by atoms with Gasteiger partial charge in [-0.1, -0.05) is 38.5 Å². The molecule has 0 aromatic heterocycles. The molecule has 0 saturated heterocycles. The molecule has 0 bridgehead atoms. The number of hydrogen-bond donors (Lipinski definition) is 1. The van der Waals surface area contributed by atoms with Gasteiger partial charge in [0.1, 0.15) is 0 Å². The van der Waals surface area contributed by atoms with Crippen molar-refractivity contribution in [1.29, 1.82) is 0 Å². The molecule has 23 heteroatoms. The van der Waals surface area contributed by atoms with E-state index in [0.29, 0.717) is 12.8 Å². The average Bonchev–Trinajstić information content (AvgIpc) is 2.83. The highest BCUT2D eigenvalue weighted by Crippen LogP contribution is 2.47. The van der Waals surface area contributed by atoms with Crippen molar-refractivity contribution < 1.29 is 78.0 Å². The molecule has 0 radical (unpaired) electrons. The maximum absolute atomic E-state index is 15.0. The van der Waals surface area contributed by atoms with E-state index in [-0.39, 0.29) is 25.7 Å². The molecular weight excluding hydrogens is 673 g/mol. The van der Waals surface area contributed by atoms with E-state index in [1.165, 1.54) is 0 Å². The summed E-state index contributed by atoms with van der Waals surface area (Å²) in [7, 11) is -27.0. The van der Waals surface area contributed by atoms with E-state index >= 15 is 8.78 Å². The second-order valence-corrected chi connectivity index (χ2v) is 18.9. The van der Waals surface area contributed by atoms with Crippen molar-refractivity contribution >= 4 is 45.4 Å². The molecule has 41 heavy (non-hydrogen) atoms. The Balaban J connectivity index is 2.69. The van der Waals surface area contributed by atoms with Crippen LogP contribution in [0.25, 0.3) is 0 Å². The molecule has 0 aliphatic heterocycles. The predicted octanol–water partition coefficient (Wildman–Crippen LogP) is 3.01. The lowest BCUT2D eigenvalue weighted by atomic mass is 10.0. The third-order valence-electron chi connectivity index (χ3n) is 6.73. The van der Waals surface area contributed by atoms with Crippen LogP contribution in [0.15, 0.2) is 0 Å². The molecular formula is C18H24F9NO9S4. The highest BCUT2D eigenvalue weighted by atomic mass is 32.3. The standard InChI is InChI=1S/C18H24F9NO9S4/c19-15(20,13(29)28-41(36,37)18(26,27)16(21,22)23)17(24,25)40(34,35)14(38(30,31)11-7-3-1-4-8-11)39(32,33)12-9-5-2-6-10-12/h11-12,14H,1-10H2,(H,28,29). The monoisotopic (exact) mass is 697 g/mol. The molecule has 242 valence electrons. The normalized spacial score (nSPS) is 20.2. The molecule has 0 unspecified atom stereocenters. The molecule has 2 rings (SSSR count). The molecule has 2 aliphatic rings. The van der Waals surface area contributed by atoms with Crippen LogP contribution in [0.4, 0.5) is 39.5 Å². The summed E-state index contributed by atoms with van der Waals surface area (Å²) in [5, 5.41) is -18.0. The summed E-state index contributed by atoms with van der Waals surface area (Å²) in [6.07, 6.45) is -8.00. The second-order valence-electron chi connectivity index (χ2n) is 9.57. The first-order valence-corrected chi connectivity index (χ1v) is 17.9. The molecule has 2 aliphatic carbocycles. The van der Waals surface area contributed by atoms with Crippen LogP contribution in [0.3, 0.4) is 0 Å². The minimum absolute atomic E-state index is 0.0420. The van der Waals surface area contributed by atoms with Crippen molar-refractivity contribution in [1.82, 2.24) is 4.72 Å². The summed E-state index contributed by atoms with van der Waals surface area (Å²) in [5.74, 6) is -11.3. The first kappa shape index (κ1) is 35.8. The fourth-order valence-corrected chi connectivity index (χ4v) is 15.5. The lowest BCUT2D eigenvalue weighted by molar-refractivity contribution is -0.241. The smallest absolute Gasteiger partial charge is 0.267 e. The van der Waals surface area contributed by atoms with Gasteiger partial charge in [0.25, 0.3) is 13.8 Å². The van der Waals surface area contributed by atoms with E-state index in [1.54, 1.807) is 0 Å². The summed E-state index contributed by atoms with van der Waals surface area (Å²) in [4.78, 5) is 11.7. The number of amides is 1. The number of carbonyl (C=O) groups excluding carboxylic acids is 1. The zero-order valence-electron chi connectivity index (χ0n) is 20.5. The molecule has 0 heterocycles. The van der Waals surface area contributed by atoms with Crippen LogP contribution in [0, 0.1) is 0 Å². The minimum Gasteiger partial charge on any atom is -0.267 e. The zero-order chi connectivity index (χ0) is 32.1. The zero-order valence-corrected chi connectivity index (χ0v) is 23.8. The summed E-state index contributed by atoms with van der Waals surface area (Å²) < 4.78 is 219. The number of hydrogen-bond acceptors (Lipinski definition) is 9. The van der Waals surface area contributed by atoms with Crippen LogP contribution in [0.1, 0.15) is 64.2 Å². The number of alkyl halides is 9. The lowest BCUT2D eigenvalue weighted by Gasteiger charge is -2.33. The van der Waals surface area contributed by atoms with Crippen LogP contribution in [-0.4, -0.2) is 76.6 Å². The van der Waals surface area contributed by atoms with Crippen LogP contribution >= 0.6 is 0 Å². The Bertz CT molecular complexity index is 1380. The predicted molar refractivity (Wildman–Crippen MR) is 122 cm³/mol. The van der Waals surface area contributed by atoms with E-state index < -0.39 is 113 Å². The molecule has 0 spiro atoms. The minimum atomic E-state index is -7.66. The first-order chi connectivity index (χ1) is 18.2. The SMILES string of the molecule is O=C(NS(=O)(=O)C(F)(F)C(F)(F)F)C(F)(F)C(F)(F)S(=O)(=O)C(S(=O)(=O)C1CCCCC1)S(=O)(=O)C1CCCCC1. The topological polar surface area (TPSA) is 166 Å². The van der Waals surface area contributed by atoms with Gasteiger partial charge in [-0.3, -0.25) is 4.79 Å². The van der Waals surface area contributed by atoms with Crippen molar-refractivity contribution in [3.8, 4) is 0 Å². The molecule has 2 fully saturated rings. The number of rotatable bonds is 10. The Hall–Kier alpha value is -1.36. The Labute approximate surface area is 229 Å². The Morgan fingerprint density at radius 1 is 0.585 bits per heavy atom. The lowest BCUT2D eigenvalue weighted by Crippen LogP contribution is -2.63. The van der Waals surface area contributed by atoms with E-state index in [0.717, 1.165) is 0 Å². The van der Waals surface area contributed by atoms with Gasteiger partial charge in [-0.15, -0.1) is 0 Å². The fraction of sp³-hybridized carbons (Fsp3) is 0.944. The van der Waals surface area contributed by atoms with Gasteiger partial charge >= 0.3 is 38.5 Å². The molecule has 1 N–H and O–H groups in total. The molecule has 1 amide bonds. The average molecular weight is 698 g/mol. The van der Waals surface area contributed by atoms with Crippen molar-refractivity contribution in [2.45, 2.75) is 101 Å². The summed E-state index contributed by atoms with van der Waals surface area (Å²) in [5.41, 5.74) is 0. The van der Waals surface area contributed by atoms with E-state index in [4.69, 9.17) is 0 Å². The summed E-state index contributed by atoms with van der Waals surface area (Å²) >= 11 is 0. The number of sulfone groups is 3. The fourth-order valence-electron chi connectivity index (χ4n) is 4.48. The van der Waals surface area contributed by atoms with Gasteiger partial charge in [0, 0.05) is 0 Å². The number of nitrogens with one attached hydrogen (secondary N) is 1. The Morgan fingerprint density at radius 2 is 0.927 bits per heavy atom. The van der Waals surface area contributed by atoms with E-state index in [2.05, 4.69) is 0 Å².